The van der Waals surface area contributed by atoms with Crippen molar-refractivity contribution in [2.75, 3.05) is 0 Å². The van der Waals surface area contributed by atoms with Crippen LogP contribution in [0.15, 0.2) is 6.20 Å². The summed E-state index contributed by atoms with van der Waals surface area (Å²) in [6.45, 7) is 0. The molecule has 0 bridgehead atoms. The minimum atomic E-state index is -0.140. The fourth-order valence-electron chi connectivity index (χ4n) is 2.00. The van der Waals surface area contributed by atoms with E-state index in [1.165, 1.54) is 0 Å². The fourth-order valence-corrected chi connectivity index (χ4v) is 2.15. The monoisotopic (exact) mass is 200 g/mol. The van der Waals surface area contributed by atoms with Gasteiger partial charge in [-0.3, -0.25) is 0 Å². The molecule has 1 fully saturated rings. The van der Waals surface area contributed by atoms with Gasteiger partial charge < -0.3 is 9.67 Å². The molecule has 13 heavy (non-hydrogen) atoms. The molecule has 0 spiro atoms. The first kappa shape index (κ1) is 9.03. The standard InChI is InChI=1S/C9H13ClN2O/c1-12-8(5-11-9(12)10)6-2-3-7(13)4-6/h5-7,13H,2-4H2,1H3. The van der Waals surface area contributed by atoms with Gasteiger partial charge in [0.2, 0.25) is 5.28 Å². The van der Waals surface area contributed by atoms with Crippen LogP contribution in [-0.4, -0.2) is 20.8 Å². The lowest BCUT2D eigenvalue weighted by atomic mass is 10.1. The SMILES string of the molecule is Cn1c(C2CCC(O)C2)cnc1Cl. The largest absolute Gasteiger partial charge is 0.393 e. The van der Waals surface area contributed by atoms with Crippen LogP contribution in [0, 0.1) is 0 Å². The van der Waals surface area contributed by atoms with E-state index in [0.29, 0.717) is 11.2 Å². The molecule has 0 saturated heterocycles. The quantitative estimate of drug-likeness (QED) is 0.750. The molecule has 1 heterocycles. The van der Waals surface area contributed by atoms with Crippen molar-refractivity contribution in [1.82, 2.24) is 9.55 Å². The summed E-state index contributed by atoms with van der Waals surface area (Å²) in [5, 5.41) is 9.92. The first-order chi connectivity index (χ1) is 6.18. The molecule has 1 aromatic heterocycles. The first-order valence-corrected chi connectivity index (χ1v) is 4.91. The highest BCUT2D eigenvalue weighted by molar-refractivity contribution is 6.28. The van der Waals surface area contributed by atoms with E-state index < -0.39 is 0 Å². The van der Waals surface area contributed by atoms with Gasteiger partial charge in [-0.05, 0) is 30.9 Å². The molecular formula is C9H13ClN2O. The summed E-state index contributed by atoms with van der Waals surface area (Å²) in [5.41, 5.74) is 1.14. The zero-order valence-electron chi connectivity index (χ0n) is 7.57. The van der Waals surface area contributed by atoms with Crippen LogP contribution < -0.4 is 0 Å². The zero-order valence-corrected chi connectivity index (χ0v) is 8.33. The van der Waals surface area contributed by atoms with E-state index in [2.05, 4.69) is 4.98 Å². The number of hydrogen-bond acceptors (Lipinski definition) is 2. The number of nitrogens with zero attached hydrogens (tertiary/aromatic N) is 2. The Morgan fingerprint density at radius 2 is 2.38 bits per heavy atom. The van der Waals surface area contributed by atoms with Crippen molar-refractivity contribution < 1.29 is 5.11 Å². The Kier molecular flexibility index (Phi) is 2.30. The summed E-state index contributed by atoms with van der Waals surface area (Å²) >= 11 is 5.83. The van der Waals surface area contributed by atoms with Crippen molar-refractivity contribution in [2.24, 2.45) is 7.05 Å². The lowest BCUT2D eigenvalue weighted by Gasteiger charge is -2.09. The third-order valence-corrected chi connectivity index (χ3v) is 3.14. The van der Waals surface area contributed by atoms with Gasteiger partial charge in [0.05, 0.1) is 12.3 Å². The molecule has 0 amide bonds. The summed E-state index contributed by atoms with van der Waals surface area (Å²) in [7, 11) is 1.91. The van der Waals surface area contributed by atoms with Crippen molar-refractivity contribution >= 4 is 11.6 Å². The van der Waals surface area contributed by atoms with E-state index in [4.69, 9.17) is 11.6 Å². The molecule has 1 aliphatic rings. The number of rotatable bonds is 1. The molecule has 4 heteroatoms. The second-order valence-electron chi connectivity index (χ2n) is 3.67. The molecule has 1 aliphatic carbocycles. The number of aromatic nitrogens is 2. The van der Waals surface area contributed by atoms with E-state index in [9.17, 15) is 5.11 Å². The predicted molar refractivity (Wildman–Crippen MR) is 50.8 cm³/mol. The Balaban J connectivity index is 2.21. The van der Waals surface area contributed by atoms with Crippen LogP contribution in [0.5, 0.6) is 0 Å². The molecule has 2 rings (SSSR count). The van der Waals surface area contributed by atoms with Crippen molar-refractivity contribution in [3.63, 3.8) is 0 Å². The average Bonchev–Trinajstić information content (AvgIpc) is 2.62. The number of halogens is 1. The summed E-state index contributed by atoms with van der Waals surface area (Å²) in [4.78, 5) is 4.03. The molecular weight excluding hydrogens is 188 g/mol. The van der Waals surface area contributed by atoms with Gasteiger partial charge in [-0.1, -0.05) is 0 Å². The highest BCUT2D eigenvalue weighted by atomic mass is 35.5. The van der Waals surface area contributed by atoms with Gasteiger partial charge in [0.1, 0.15) is 0 Å². The average molecular weight is 201 g/mol. The van der Waals surface area contributed by atoms with Crippen LogP contribution in [0.1, 0.15) is 30.9 Å². The predicted octanol–water partition coefficient (Wildman–Crippen LogP) is 1.70. The van der Waals surface area contributed by atoms with E-state index in [-0.39, 0.29) is 6.10 Å². The van der Waals surface area contributed by atoms with Gasteiger partial charge in [-0.25, -0.2) is 4.98 Å². The number of imidazole rings is 1. The van der Waals surface area contributed by atoms with Gasteiger partial charge in [0, 0.05) is 18.7 Å². The van der Waals surface area contributed by atoms with Crippen LogP contribution in [0.25, 0.3) is 0 Å². The maximum atomic E-state index is 9.40. The van der Waals surface area contributed by atoms with Gasteiger partial charge in [-0.15, -0.1) is 0 Å². The Morgan fingerprint density at radius 1 is 1.62 bits per heavy atom. The highest BCUT2D eigenvalue weighted by Gasteiger charge is 2.26. The minimum Gasteiger partial charge on any atom is -0.393 e. The molecule has 0 aromatic carbocycles. The summed E-state index contributed by atoms with van der Waals surface area (Å²) in [6, 6.07) is 0. The van der Waals surface area contributed by atoms with Gasteiger partial charge in [0.15, 0.2) is 0 Å². The maximum absolute atomic E-state index is 9.40. The lowest BCUT2D eigenvalue weighted by molar-refractivity contribution is 0.181. The second kappa shape index (κ2) is 3.31. The summed E-state index contributed by atoms with van der Waals surface area (Å²) in [6.07, 6.45) is 4.45. The zero-order chi connectivity index (χ0) is 9.42. The smallest absolute Gasteiger partial charge is 0.202 e. The molecule has 72 valence electrons. The van der Waals surface area contributed by atoms with Gasteiger partial charge >= 0.3 is 0 Å². The Hall–Kier alpha value is -0.540. The van der Waals surface area contributed by atoms with Crippen molar-refractivity contribution in [1.29, 1.82) is 0 Å². The van der Waals surface area contributed by atoms with Gasteiger partial charge in [0.25, 0.3) is 0 Å². The Labute approximate surface area is 82.4 Å². The van der Waals surface area contributed by atoms with E-state index >= 15 is 0 Å². The molecule has 0 aliphatic heterocycles. The molecule has 1 saturated carbocycles. The molecule has 1 N–H and O–H groups in total. The van der Waals surface area contributed by atoms with Gasteiger partial charge in [-0.2, -0.15) is 0 Å². The number of aliphatic hydroxyl groups excluding tert-OH is 1. The summed E-state index contributed by atoms with van der Waals surface area (Å²) in [5.74, 6) is 0.431. The number of hydrogen-bond donors (Lipinski definition) is 1. The van der Waals surface area contributed by atoms with Crippen LogP contribution in [0.2, 0.25) is 5.28 Å². The minimum absolute atomic E-state index is 0.140. The van der Waals surface area contributed by atoms with Crippen LogP contribution in [-0.2, 0) is 7.05 Å². The summed E-state index contributed by atoms with van der Waals surface area (Å²) < 4.78 is 1.89. The third-order valence-electron chi connectivity index (χ3n) is 2.79. The van der Waals surface area contributed by atoms with Crippen LogP contribution >= 0.6 is 11.6 Å². The Bertz CT molecular complexity index is 311. The molecule has 2 unspecified atom stereocenters. The topological polar surface area (TPSA) is 38.0 Å². The normalized spacial score (nSPS) is 28.2. The van der Waals surface area contributed by atoms with Crippen LogP contribution in [0.3, 0.4) is 0 Å². The maximum Gasteiger partial charge on any atom is 0.202 e. The fraction of sp³-hybridized carbons (Fsp3) is 0.667. The highest BCUT2D eigenvalue weighted by Crippen LogP contribution is 2.34. The first-order valence-electron chi connectivity index (χ1n) is 4.53. The van der Waals surface area contributed by atoms with E-state index in [1.54, 1.807) is 0 Å². The van der Waals surface area contributed by atoms with Crippen LogP contribution in [0.4, 0.5) is 0 Å². The molecule has 2 atom stereocenters. The van der Waals surface area contributed by atoms with E-state index in [1.807, 2.05) is 17.8 Å². The van der Waals surface area contributed by atoms with E-state index in [0.717, 1.165) is 25.0 Å². The third kappa shape index (κ3) is 1.58. The van der Waals surface area contributed by atoms with Crippen molar-refractivity contribution in [2.45, 2.75) is 31.3 Å². The lowest BCUT2D eigenvalue weighted by Crippen LogP contribution is -2.03. The second-order valence-corrected chi connectivity index (χ2v) is 4.01. The van der Waals surface area contributed by atoms with Crippen molar-refractivity contribution in [3.8, 4) is 0 Å². The molecule has 0 radical (unpaired) electrons. The molecule has 3 nitrogen and oxygen atoms in total. The number of aliphatic hydroxyl groups is 1. The van der Waals surface area contributed by atoms with Crippen molar-refractivity contribution in [3.05, 3.63) is 17.2 Å². The molecule has 1 aromatic rings. The Morgan fingerprint density at radius 3 is 2.85 bits per heavy atom.